The fourth-order valence-electron chi connectivity index (χ4n) is 3.25. The average Bonchev–Trinajstić information content (AvgIpc) is 2.30. The zero-order valence-electron chi connectivity index (χ0n) is 11.8. The monoisotopic (exact) mass is 225 g/mol. The Morgan fingerprint density at radius 3 is 2.06 bits per heavy atom. The Morgan fingerprint density at radius 1 is 1.06 bits per heavy atom. The van der Waals surface area contributed by atoms with Gasteiger partial charge < -0.3 is 5.32 Å². The van der Waals surface area contributed by atoms with Gasteiger partial charge in [-0.15, -0.1) is 0 Å². The highest BCUT2D eigenvalue weighted by Crippen LogP contribution is 2.35. The molecule has 0 saturated heterocycles. The molecule has 0 aromatic carbocycles. The molecule has 1 aliphatic carbocycles. The molecule has 1 nitrogen and oxygen atoms in total. The quantitative estimate of drug-likeness (QED) is 0.713. The Bertz CT molecular complexity index is 168. The van der Waals surface area contributed by atoms with Crippen molar-refractivity contribution in [2.24, 2.45) is 17.8 Å². The lowest BCUT2D eigenvalue weighted by Gasteiger charge is -2.35. The number of nitrogens with one attached hydrogen (secondary N) is 1. The second-order valence-corrected chi connectivity index (χ2v) is 5.96. The van der Waals surface area contributed by atoms with Crippen LogP contribution in [0.2, 0.25) is 0 Å². The molecule has 1 rings (SSSR count). The number of rotatable bonds is 6. The molecule has 1 unspecified atom stereocenters. The molecule has 0 aromatic heterocycles. The molecule has 0 aliphatic heterocycles. The van der Waals surface area contributed by atoms with Gasteiger partial charge in [-0.25, -0.2) is 0 Å². The third kappa shape index (κ3) is 4.08. The predicted octanol–water partition coefficient (Wildman–Crippen LogP) is 4.23. The Hall–Kier alpha value is -0.0400. The molecule has 1 N–H and O–H groups in total. The van der Waals surface area contributed by atoms with Crippen molar-refractivity contribution in [3.63, 3.8) is 0 Å². The average molecular weight is 225 g/mol. The van der Waals surface area contributed by atoms with E-state index in [4.69, 9.17) is 0 Å². The third-order valence-electron chi connectivity index (χ3n) is 4.57. The lowest BCUT2D eigenvalue weighted by atomic mass is 9.74. The molecule has 96 valence electrons. The van der Waals surface area contributed by atoms with E-state index in [9.17, 15) is 0 Å². The molecule has 0 spiro atoms. The van der Waals surface area contributed by atoms with Crippen molar-refractivity contribution in [1.82, 2.24) is 5.32 Å². The van der Waals surface area contributed by atoms with E-state index in [0.717, 1.165) is 23.8 Å². The molecule has 1 heteroatoms. The first-order valence-corrected chi connectivity index (χ1v) is 7.36. The van der Waals surface area contributed by atoms with Gasteiger partial charge in [0, 0.05) is 6.04 Å². The standard InChI is InChI=1S/C15H31N/c1-5-6-7-15(16-4)14-10-8-13(9-11-14)12(2)3/h12-16H,5-11H2,1-4H3. The fourth-order valence-corrected chi connectivity index (χ4v) is 3.25. The van der Waals surface area contributed by atoms with Crippen molar-refractivity contribution in [1.29, 1.82) is 0 Å². The van der Waals surface area contributed by atoms with E-state index in [2.05, 4.69) is 33.1 Å². The molecule has 0 amide bonds. The molecular weight excluding hydrogens is 194 g/mol. The summed E-state index contributed by atoms with van der Waals surface area (Å²) in [5.41, 5.74) is 0. The fraction of sp³-hybridized carbons (Fsp3) is 1.00. The van der Waals surface area contributed by atoms with Crippen molar-refractivity contribution < 1.29 is 0 Å². The summed E-state index contributed by atoms with van der Waals surface area (Å²) in [6, 6.07) is 0.785. The Kier molecular flexibility index (Phi) is 6.41. The summed E-state index contributed by atoms with van der Waals surface area (Å²) in [6.07, 6.45) is 9.94. The SMILES string of the molecule is CCCCC(NC)C1CCC(C(C)C)CC1. The van der Waals surface area contributed by atoms with Gasteiger partial charge in [0.05, 0.1) is 0 Å². The van der Waals surface area contributed by atoms with Crippen LogP contribution in [0.25, 0.3) is 0 Å². The van der Waals surface area contributed by atoms with Crippen LogP contribution in [0, 0.1) is 17.8 Å². The molecule has 16 heavy (non-hydrogen) atoms. The largest absolute Gasteiger partial charge is 0.317 e. The smallest absolute Gasteiger partial charge is 0.00923 e. The van der Waals surface area contributed by atoms with E-state index in [1.165, 1.54) is 44.9 Å². The molecule has 0 aromatic rings. The lowest BCUT2D eigenvalue weighted by molar-refractivity contribution is 0.186. The molecular formula is C15H31N. The predicted molar refractivity (Wildman–Crippen MR) is 72.7 cm³/mol. The van der Waals surface area contributed by atoms with Crippen LogP contribution < -0.4 is 5.32 Å². The van der Waals surface area contributed by atoms with Gasteiger partial charge in [0.2, 0.25) is 0 Å². The number of hydrogen-bond acceptors (Lipinski definition) is 1. The Morgan fingerprint density at radius 2 is 1.62 bits per heavy atom. The Balaban J connectivity index is 2.32. The topological polar surface area (TPSA) is 12.0 Å². The van der Waals surface area contributed by atoms with E-state index >= 15 is 0 Å². The molecule has 0 radical (unpaired) electrons. The van der Waals surface area contributed by atoms with Crippen LogP contribution in [0.5, 0.6) is 0 Å². The Labute approximate surface area is 102 Å². The van der Waals surface area contributed by atoms with Gasteiger partial charge in [-0.05, 0) is 56.9 Å². The van der Waals surface area contributed by atoms with E-state index in [0.29, 0.717) is 0 Å². The maximum atomic E-state index is 3.55. The second-order valence-electron chi connectivity index (χ2n) is 5.96. The molecule has 1 fully saturated rings. The van der Waals surface area contributed by atoms with Crippen molar-refractivity contribution in [2.45, 2.75) is 71.8 Å². The van der Waals surface area contributed by atoms with Gasteiger partial charge in [0.25, 0.3) is 0 Å². The number of hydrogen-bond donors (Lipinski definition) is 1. The van der Waals surface area contributed by atoms with Crippen LogP contribution in [0.4, 0.5) is 0 Å². The third-order valence-corrected chi connectivity index (χ3v) is 4.57. The highest BCUT2D eigenvalue weighted by atomic mass is 14.9. The van der Waals surface area contributed by atoms with Crippen molar-refractivity contribution in [2.75, 3.05) is 7.05 Å². The van der Waals surface area contributed by atoms with Crippen LogP contribution >= 0.6 is 0 Å². The van der Waals surface area contributed by atoms with Gasteiger partial charge in [-0.1, -0.05) is 33.6 Å². The van der Waals surface area contributed by atoms with E-state index < -0.39 is 0 Å². The van der Waals surface area contributed by atoms with E-state index in [-0.39, 0.29) is 0 Å². The van der Waals surface area contributed by atoms with Crippen molar-refractivity contribution >= 4 is 0 Å². The van der Waals surface area contributed by atoms with Gasteiger partial charge in [-0.3, -0.25) is 0 Å². The normalized spacial score (nSPS) is 28.3. The minimum Gasteiger partial charge on any atom is -0.317 e. The zero-order chi connectivity index (χ0) is 12.0. The summed E-state index contributed by atoms with van der Waals surface area (Å²) in [6.45, 7) is 7.07. The van der Waals surface area contributed by atoms with E-state index in [1.807, 2.05) is 0 Å². The first-order chi connectivity index (χ1) is 7.69. The minimum atomic E-state index is 0.785. The van der Waals surface area contributed by atoms with Gasteiger partial charge in [-0.2, -0.15) is 0 Å². The van der Waals surface area contributed by atoms with Gasteiger partial charge in [0.15, 0.2) is 0 Å². The minimum absolute atomic E-state index is 0.785. The summed E-state index contributed by atoms with van der Waals surface area (Å²) in [7, 11) is 2.15. The van der Waals surface area contributed by atoms with Gasteiger partial charge in [0.1, 0.15) is 0 Å². The molecule has 0 bridgehead atoms. The summed E-state index contributed by atoms with van der Waals surface area (Å²) < 4.78 is 0. The number of unbranched alkanes of at least 4 members (excludes halogenated alkanes) is 1. The lowest BCUT2D eigenvalue weighted by Crippen LogP contribution is -2.36. The first kappa shape index (κ1) is 14.0. The molecule has 1 atom stereocenters. The van der Waals surface area contributed by atoms with E-state index in [1.54, 1.807) is 0 Å². The second kappa shape index (κ2) is 7.32. The maximum Gasteiger partial charge on any atom is 0.00923 e. The van der Waals surface area contributed by atoms with Gasteiger partial charge >= 0.3 is 0 Å². The highest BCUT2D eigenvalue weighted by molar-refractivity contribution is 4.82. The van der Waals surface area contributed by atoms with Crippen LogP contribution in [-0.4, -0.2) is 13.1 Å². The summed E-state index contributed by atoms with van der Waals surface area (Å²) in [5, 5.41) is 3.55. The summed E-state index contributed by atoms with van der Waals surface area (Å²) in [4.78, 5) is 0. The van der Waals surface area contributed by atoms with Crippen molar-refractivity contribution in [3.05, 3.63) is 0 Å². The van der Waals surface area contributed by atoms with Crippen LogP contribution in [0.15, 0.2) is 0 Å². The van der Waals surface area contributed by atoms with Crippen LogP contribution in [0.1, 0.15) is 65.7 Å². The first-order valence-electron chi connectivity index (χ1n) is 7.36. The highest BCUT2D eigenvalue weighted by Gasteiger charge is 2.27. The molecule has 0 heterocycles. The van der Waals surface area contributed by atoms with Crippen LogP contribution in [-0.2, 0) is 0 Å². The zero-order valence-corrected chi connectivity index (χ0v) is 11.8. The summed E-state index contributed by atoms with van der Waals surface area (Å²) in [5.74, 6) is 2.84. The molecule has 1 aliphatic rings. The van der Waals surface area contributed by atoms with Crippen LogP contribution in [0.3, 0.4) is 0 Å². The maximum absolute atomic E-state index is 3.55. The molecule has 1 saturated carbocycles. The van der Waals surface area contributed by atoms with Crippen molar-refractivity contribution in [3.8, 4) is 0 Å². The summed E-state index contributed by atoms with van der Waals surface area (Å²) >= 11 is 0.